The van der Waals surface area contributed by atoms with Gasteiger partial charge in [-0.25, -0.2) is 0 Å². The smallest absolute Gasteiger partial charge is 0.305 e. The summed E-state index contributed by atoms with van der Waals surface area (Å²) >= 11 is 0. The number of nitrogens with one attached hydrogen (secondary N) is 2. The normalized spacial score (nSPS) is 13.8. The van der Waals surface area contributed by atoms with Gasteiger partial charge >= 0.3 is 5.97 Å². The monoisotopic (exact) mass is 289 g/mol. The highest BCUT2D eigenvalue weighted by Crippen LogP contribution is 2.21. The summed E-state index contributed by atoms with van der Waals surface area (Å²) in [5.74, 6) is -1.31. The molecule has 0 aliphatic rings. The van der Waals surface area contributed by atoms with Crippen molar-refractivity contribution in [2.75, 3.05) is 6.54 Å². The van der Waals surface area contributed by atoms with Crippen molar-refractivity contribution in [2.45, 2.75) is 25.3 Å². The zero-order chi connectivity index (χ0) is 15.5. The van der Waals surface area contributed by atoms with Crippen molar-refractivity contribution in [2.24, 2.45) is 5.73 Å². The largest absolute Gasteiger partial charge is 0.481 e. The van der Waals surface area contributed by atoms with E-state index in [0.29, 0.717) is 6.42 Å². The average molecular weight is 289 g/mol. The van der Waals surface area contributed by atoms with Crippen LogP contribution in [-0.4, -0.2) is 34.1 Å². The molecule has 1 amide bonds. The van der Waals surface area contributed by atoms with Gasteiger partial charge in [-0.2, -0.15) is 0 Å². The highest BCUT2D eigenvalue weighted by atomic mass is 16.4. The maximum atomic E-state index is 12.1. The van der Waals surface area contributed by atoms with Crippen molar-refractivity contribution in [1.82, 2.24) is 10.3 Å². The Morgan fingerprint density at radius 2 is 2.10 bits per heavy atom. The number of carbonyl (C=O) groups is 2. The van der Waals surface area contributed by atoms with E-state index in [2.05, 4.69) is 10.3 Å². The molecule has 21 heavy (non-hydrogen) atoms. The van der Waals surface area contributed by atoms with E-state index in [1.54, 1.807) is 6.92 Å². The summed E-state index contributed by atoms with van der Waals surface area (Å²) in [5.41, 5.74) is 6.95. The third-order valence-corrected chi connectivity index (χ3v) is 3.38. The van der Waals surface area contributed by atoms with Crippen molar-refractivity contribution < 1.29 is 14.7 Å². The summed E-state index contributed by atoms with van der Waals surface area (Å²) in [4.78, 5) is 25.7. The fraction of sp³-hybridized carbons (Fsp3) is 0.333. The van der Waals surface area contributed by atoms with Crippen LogP contribution < -0.4 is 11.1 Å². The number of aromatic amines is 1. The first kappa shape index (κ1) is 15.1. The third-order valence-electron chi connectivity index (χ3n) is 3.38. The Kier molecular flexibility index (Phi) is 4.28. The van der Waals surface area contributed by atoms with Gasteiger partial charge in [0.1, 0.15) is 0 Å². The lowest BCUT2D eigenvalue weighted by atomic mass is 9.92. The summed E-state index contributed by atoms with van der Waals surface area (Å²) in [7, 11) is 0. The lowest BCUT2D eigenvalue weighted by molar-refractivity contribution is -0.137. The molecule has 0 fully saturated rings. The number of H-pyrrole nitrogens is 1. The first-order valence-electron chi connectivity index (χ1n) is 6.74. The van der Waals surface area contributed by atoms with Crippen LogP contribution in [0.1, 0.15) is 18.9 Å². The fourth-order valence-electron chi connectivity index (χ4n) is 2.24. The Morgan fingerprint density at radius 3 is 2.81 bits per heavy atom. The van der Waals surface area contributed by atoms with Gasteiger partial charge in [-0.05, 0) is 18.6 Å². The van der Waals surface area contributed by atoms with Crippen LogP contribution in [0.2, 0.25) is 0 Å². The van der Waals surface area contributed by atoms with Crippen LogP contribution in [-0.2, 0) is 16.0 Å². The molecule has 2 aromatic rings. The molecule has 0 saturated heterocycles. The molecule has 1 aromatic heterocycles. The van der Waals surface area contributed by atoms with Crippen molar-refractivity contribution >= 4 is 22.8 Å². The molecule has 0 radical (unpaired) electrons. The number of hydrogen-bond acceptors (Lipinski definition) is 3. The molecule has 1 aromatic carbocycles. The Morgan fingerprint density at radius 1 is 1.38 bits per heavy atom. The second-order valence-corrected chi connectivity index (χ2v) is 5.35. The topological polar surface area (TPSA) is 108 Å². The second-order valence-electron chi connectivity index (χ2n) is 5.35. The van der Waals surface area contributed by atoms with Crippen LogP contribution in [0.4, 0.5) is 0 Å². The molecule has 6 heteroatoms. The molecule has 1 heterocycles. The predicted molar refractivity (Wildman–Crippen MR) is 79.9 cm³/mol. The summed E-state index contributed by atoms with van der Waals surface area (Å²) in [6, 6.07) is 7.79. The molecule has 2 rings (SSSR count). The maximum Gasteiger partial charge on any atom is 0.305 e. The number of benzene rings is 1. The molecule has 0 aliphatic carbocycles. The van der Waals surface area contributed by atoms with Gasteiger partial charge < -0.3 is 21.1 Å². The Bertz CT molecular complexity index is 661. The SMILES string of the molecule is C[C@](N)(Cc1c[nH]c2ccccc12)C(=O)NCCC(=O)O. The second kappa shape index (κ2) is 5.97. The van der Waals surface area contributed by atoms with Gasteiger partial charge in [0.2, 0.25) is 5.91 Å². The lowest BCUT2D eigenvalue weighted by Gasteiger charge is -2.23. The Hall–Kier alpha value is -2.34. The maximum absolute atomic E-state index is 12.1. The molecule has 1 atom stereocenters. The predicted octanol–water partition coefficient (Wildman–Crippen LogP) is 1.02. The van der Waals surface area contributed by atoms with Gasteiger partial charge in [0.25, 0.3) is 0 Å². The summed E-state index contributed by atoms with van der Waals surface area (Å²) in [6.07, 6.45) is 2.10. The number of aromatic nitrogens is 1. The van der Waals surface area contributed by atoms with E-state index >= 15 is 0 Å². The first-order valence-corrected chi connectivity index (χ1v) is 6.74. The van der Waals surface area contributed by atoms with Crippen molar-refractivity contribution in [1.29, 1.82) is 0 Å². The van der Waals surface area contributed by atoms with Crippen LogP contribution in [0.25, 0.3) is 10.9 Å². The summed E-state index contributed by atoms with van der Waals surface area (Å²) < 4.78 is 0. The molecular weight excluding hydrogens is 270 g/mol. The van der Waals surface area contributed by atoms with E-state index in [1.165, 1.54) is 0 Å². The van der Waals surface area contributed by atoms with E-state index in [4.69, 9.17) is 10.8 Å². The standard InChI is InChI=1S/C15H19N3O3/c1-15(16,14(21)17-7-6-13(19)20)8-10-9-18-12-5-3-2-4-11(10)12/h2-5,9,18H,6-8,16H2,1H3,(H,17,21)(H,19,20)/t15-/m0/s1. The molecule has 0 spiro atoms. The molecule has 5 N–H and O–H groups in total. The number of fused-ring (bicyclic) bond motifs is 1. The minimum atomic E-state index is -1.09. The Labute approximate surface area is 122 Å². The van der Waals surface area contributed by atoms with Gasteiger partial charge in [0, 0.05) is 30.1 Å². The number of aliphatic carboxylic acids is 1. The van der Waals surface area contributed by atoms with Gasteiger partial charge in [0.05, 0.1) is 12.0 Å². The number of para-hydroxylation sites is 1. The van der Waals surface area contributed by atoms with Gasteiger partial charge in [-0.3, -0.25) is 9.59 Å². The van der Waals surface area contributed by atoms with Crippen molar-refractivity contribution in [3.05, 3.63) is 36.0 Å². The number of rotatable bonds is 6. The number of hydrogen-bond donors (Lipinski definition) is 4. The molecule has 112 valence electrons. The van der Waals surface area contributed by atoms with Gasteiger partial charge in [-0.1, -0.05) is 18.2 Å². The van der Waals surface area contributed by atoms with Crippen LogP contribution in [0, 0.1) is 0 Å². The van der Waals surface area contributed by atoms with E-state index in [0.717, 1.165) is 16.5 Å². The van der Waals surface area contributed by atoms with Gasteiger partial charge in [0.15, 0.2) is 0 Å². The van der Waals surface area contributed by atoms with E-state index < -0.39 is 11.5 Å². The summed E-state index contributed by atoms with van der Waals surface area (Å²) in [5, 5.41) is 12.2. The number of carboxylic acid groups (broad SMARTS) is 1. The van der Waals surface area contributed by atoms with Crippen LogP contribution in [0.5, 0.6) is 0 Å². The Balaban J connectivity index is 2.06. The lowest BCUT2D eigenvalue weighted by Crippen LogP contribution is -2.53. The van der Waals surface area contributed by atoms with E-state index in [9.17, 15) is 9.59 Å². The minimum absolute atomic E-state index is 0.0782. The van der Waals surface area contributed by atoms with Crippen LogP contribution >= 0.6 is 0 Å². The molecule has 0 aliphatic heterocycles. The zero-order valence-electron chi connectivity index (χ0n) is 11.8. The third kappa shape index (κ3) is 3.61. The highest BCUT2D eigenvalue weighted by Gasteiger charge is 2.29. The van der Waals surface area contributed by atoms with Gasteiger partial charge in [-0.15, -0.1) is 0 Å². The quantitative estimate of drug-likeness (QED) is 0.636. The van der Waals surface area contributed by atoms with Crippen molar-refractivity contribution in [3.8, 4) is 0 Å². The average Bonchev–Trinajstić information content (AvgIpc) is 2.81. The number of nitrogens with two attached hydrogens (primary N) is 1. The molecule has 6 nitrogen and oxygen atoms in total. The van der Waals surface area contributed by atoms with E-state index in [1.807, 2.05) is 30.5 Å². The fourth-order valence-corrected chi connectivity index (χ4v) is 2.24. The molecular formula is C15H19N3O3. The highest BCUT2D eigenvalue weighted by molar-refractivity contribution is 5.88. The molecule has 0 unspecified atom stereocenters. The van der Waals surface area contributed by atoms with Crippen molar-refractivity contribution in [3.63, 3.8) is 0 Å². The summed E-state index contributed by atoms with van der Waals surface area (Å²) in [6.45, 7) is 1.72. The minimum Gasteiger partial charge on any atom is -0.481 e. The first-order chi connectivity index (χ1) is 9.90. The number of carbonyl (C=O) groups excluding carboxylic acids is 1. The van der Waals surface area contributed by atoms with E-state index in [-0.39, 0.29) is 18.9 Å². The number of amides is 1. The van der Waals surface area contributed by atoms with Crippen LogP contribution in [0.15, 0.2) is 30.5 Å². The van der Waals surface area contributed by atoms with Crippen LogP contribution in [0.3, 0.4) is 0 Å². The number of carboxylic acids is 1. The molecule has 0 bridgehead atoms. The molecule has 0 saturated carbocycles. The zero-order valence-corrected chi connectivity index (χ0v) is 11.8.